The van der Waals surface area contributed by atoms with Gasteiger partial charge in [0.15, 0.2) is 0 Å². The number of carbonyl (C=O) groups excluding carboxylic acids is 2. The summed E-state index contributed by atoms with van der Waals surface area (Å²) in [6.45, 7) is 4.22. The molecule has 0 aliphatic heterocycles. The van der Waals surface area contributed by atoms with E-state index in [9.17, 15) is 9.59 Å². The van der Waals surface area contributed by atoms with Gasteiger partial charge in [0, 0.05) is 13.3 Å². The summed E-state index contributed by atoms with van der Waals surface area (Å²) < 4.78 is 9.11. The Balaban J connectivity index is 0. The zero-order valence-corrected chi connectivity index (χ0v) is 18.3. The molecule has 0 aromatic rings. The van der Waals surface area contributed by atoms with Gasteiger partial charge in [0.25, 0.3) is 0 Å². The van der Waals surface area contributed by atoms with Crippen LogP contribution in [0.3, 0.4) is 0 Å². The largest absolute Gasteiger partial charge is 0.394 e. The van der Waals surface area contributed by atoms with E-state index in [1.54, 1.807) is 0 Å². The number of ether oxygens (including phenoxy) is 2. The van der Waals surface area contributed by atoms with Crippen LogP contribution >= 0.6 is 0 Å². The van der Waals surface area contributed by atoms with Gasteiger partial charge in [0.05, 0.1) is 26.4 Å². The minimum absolute atomic E-state index is 0.0278. The molecule has 168 valence electrons. The molecule has 0 amide bonds. The number of unbranched alkanes of at least 4 members (excludes halogenated alkanes) is 12. The van der Waals surface area contributed by atoms with Crippen molar-refractivity contribution in [2.24, 2.45) is 0 Å². The number of carbonyl (C=O) groups is 2. The molecule has 0 rings (SSSR count). The van der Waals surface area contributed by atoms with Gasteiger partial charge in [-0.15, -0.1) is 0 Å². The molecule has 0 saturated heterocycles. The molecule has 0 atom stereocenters. The van der Waals surface area contributed by atoms with Crippen molar-refractivity contribution in [1.82, 2.24) is 0 Å². The van der Waals surface area contributed by atoms with Gasteiger partial charge in [-0.2, -0.15) is 0 Å². The second-order valence-corrected chi connectivity index (χ2v) is 7.02. The Morgan fingerprint density at radius 3 is 1.43 bits per heavy atom. The van der Waals surface area contributed by atoms with Crippen LogP contribution in [-0.2, 0) is 19.1 Å². The zero-order valence-electron chi connectivity index (χ0n) is 18.3. The van der Waals surface area contributed by atoms with Gasteiger partial charge < -0.3 is 19.7 Å². The fraction of sp³-hybridized carbons (Fsp3) is 0.909. The van der Waals surface area contributed by atoms with E-state index >= 15 is 0 Å². The summed E-state index contributed by atoms with van der Waals surface area (Å²) in [5.74, 6) is -0.889. The molecule has 0 radical (unpaired) electrons. The number of hydrogen-bond acceptors (Lipinski definition) is 6. The molecule has 0 bridgehead atoms. The molecule has 0 aliphatic carbocycles. The van der Waals surface area contributed by atoms with Crippen molar-refractivity contribution >= 4 is 11.9 Å². The second kappa shape index (κ2) is 26.0. The van der Waals surface area contributed by atoms with Crippen LogP contribution in [-0.4, -0.2) is 48.6 Å². The maximum absolute atomic E-state index is 11.1. The number of aliphatic hydroxyl groups is 2. The Hall–Kier alpha value is -0.980. The summed E-state index contributed by atoms with van der Waals surface area (Å²) in [5, 5.41) is 16.2. The van der Waals surface area contributed by atoms with Crippen molar-refractivity contribution in [1.29, 1.82) is 0 Å². The zero-order chi connectivity index (χ0) is 21.3. The maximum atomic E-state index is 11.1. The highest BCUT2D eigenvalue weighted by Gasteiger charge is 2.04. The Morgan fingerprint density at radius 1 is 0.679 bits per heavy atom. The van der Waals surface area contributed by atoms with E-state index in [0.717, 1.165) is 12.8 Å². The van der Waals surface area contributed by atoms with E-state index < -0.39 is 5.97 Å². The molecule has 6 heteroatoms. The third kappa shape index (κ3) is 29.8. The Morgan fingerprint density at radius 2 is 1.07 bits per heavy atom. The van der Waals surface area contributed by atoms with Gasteiger partial charge in [-0.05, 0) is 6.42 Å². The quantitative estimate of drug-likeness (QED) is 0.198. The molecular weight excluding hydrogens is 360 g/mol. The van der Waals surface area contributed by atoms with E-state index in [-0.39, 0.29) is 19.2 Å². The minimum atomic E-state index is -0.505. The van der Waals surface area contributed by atoms with Crippen LogP contribution < -0.4 is 0 Å². The van der Waals surface area contributed by atoms with Crippen molar-refractivity contribution in [3.8, 4) is 0 Å². The van der Waals surface area contributed by atoms with Gasteiger partial charge in [0.1, 0.15) is 0 Å². The average Bonchev–Trinajstić information content (AvgIpc) is 2.66. The molecule has 0 heterocycles. The molecule has 0 aliphatic rings. The van der Waals surface area contributed by atoms with Crippen LogP contribution in [0.4, 0.5) is 0 Å². The summed E-state index contributed by atoms with van der Waals surface area (Å²) in [7, 11) is 0. The first-order valence-electron chi connectivity index (χ1n) is 11.1. The highest BCUT2D eigenvalue weighted by Crippen LogP contribution is 2.13. The van der Waals surface area contributed by atoms with Gasteiger partial charge in [-0.1, -0.05) is 84.0 Å². The minimum Gasteiger partial charge on any atom is -0.394 e. The second-order valence-electron chi connectivity index (χ2n) is 7.02. The molecular formula is C22H44O6. The maximum Gasteiger partial charge on any atom is 0.313 e. The number of esters is 2. The lowest BCUT2D eigenvalue weighted by Gasteiger charge is -2.03. The van der Waals surface area contributed by atoms with Crippen LogP contribution in [0.15, 0.2) is 0 Å². The van der Waals surface area contributed by atoms with Crippen molar-refractivity contribution in [3.63, 3.8) is 0 Å². The number of hydrogen-bond donors (Lipinski definition) is 2. The van der Waals surface area contributed by atoms with Crippen LogP contribution in [0, 0.1) is 0 Å². The first kappa shape index (κ1) is 29.2. The molecule has 2 N–H and O–H groups in total. The van der Waals surface area contributed by atoms with Crippen LogP contribution in [0.2, 0.25) is 0 Å². The molecule has 0 saturated carbocycles. The molecule has 0 aromatic heterocycles. The molecule has 0 aromatic carbocycles. The van der Waals surface area contributed by atoms with Crippen molar-refractivity contribution in [3.05, 3.63) is 0 Å². The predicted molar refractivity (Wildman–Crippen MR) is 112 cm³/mol. The SMILES string of the molecule is CCCCCCCCCCCCCCCC(=O)OC(C)=O.OCCOCCO. The van der Waals surface area contributed by atoms with E-state index in [0.29, 0.717) is 19.6 Å². The standard InChI is InChI=1S/C18H34O3.C4H10O3/c1-3-4-5-6-7-8-9-10-11-12-13-14-15-16-18(20)21-17(2)19;5-1-3-7-4-2-6/h3-16H2,1-2H3;5-6H,1-4H2. The van der Waals surface area contributed by atoms with E-state index in [2.05, 4.69) is 16.4 Å². The third-order valence-electron chi connectivity index (χ3n) is 4.21. The Kier molecular flexibility index (Phi) is 27.2. The van der Waals surface area contributed by atoms with Gasteiger partial charge in [0.2, 0.25) is 0 Å². The fourth-order valence-electron chi connectivity index (χ4n) is 2.73. The average molecular weight is 405 g/mol. The van der Waals surface area contributed by atoms with Crippen molar-refractivity contribution in [2.75, 3.05) is 26.4 Å². The molecule has 0 unspecified atom stereocenters. The molecule has 6 nitrogen and oxygen atoms in total. The topological polar surface area (TPSA) is 93.1 Å². The lowest BCUT2D eigenvalue weighted by Crippen LogP contribution is -2.08. The fourth-order valence-corrected chi connectivity index (χ4v) is 2.73. The smallest absolute Gasteiger partial charge is 0.313 e. The van der Waals surface area contributed by atoms with Crippen LogP contribution in [0.5, 0.6) is 0 Å². The van der Waals surface area contributed by atoms with Crippen LogP contribution in [0.1, 0.15) is 104 Å². The highest BCUT2D eigenvalue weighted by molar-refractivity contribution is 5.83. The normalized spacial score (nSPS) is 10.3. The van der Waals surface area contributed by atoms with E-state index in [1.807, 2.05) is 0 Å². The van der Waals surface area contributed by atoms with Crippen molar-refractivity contribution < 1.29 is 29.3 Å². The Labute approximate surface area is 172 Å². The summed E-state index contributed by atoms with van der Waals surface area (Å²) in [6, 6.07) is 0. The van der Waals surface area contributed by atoms with Gasteiger partial charge in [-0.3, -0.25) is 9.59 Å². The lowest BCUT2D eigenvalue weighted by atomic mass is 10.0. The summed E-state index contributed by atoms with van der Waals surface area (Å²) >= 11 is 0. The van der Waals surface area contributed by atoms with E-state index in [4.69, 9.17) is 10.2 Å². The lowest BCUT2D eigenvalue weighted by molar-refractivity contribution is -0.158. The van der Waals surface area contributed by atoms with Gasteiger partial charge in [-0.25, -0.2) is 0 Å². The molecule has 0 fully saturated rings. The highest BCUT2D eigenvalue weighted by atomic mass is 16.6. The third-order valence-corrected chi connectivity index (χ3v) is 4.21. The first-order chi connectivity index (χ1) is 13.6. The number of aliphatic hydroxyl groups excluding tert-OH is 2. The van der Waals surface area contributed by atoms with Crippen LogP contribution in [0.25, 0.3) is 0 Å². The van der Waals surface area contributed by atoms with Crippen molar-refractivity contribution in [2.45, 2.75) is 104 Å². The Bertz CT molecular complexity index is 329. The first-order valence-corrected chi connectivity index (χ1v) is 11.1. The summed E-state index contributed by atoms with van der Waals surface area (Å²) in [4.78, 5) is 21.7. The predicted octanol–water partition coefficient (Wildman–Crippen LogP) is 4.55. The number of rotatable bonds is 18. The monoisotopic (exact) mass is 404 g/mol. The molecule has 0 spiro atoms. The van der Waals surface area contributed by atoms with E-state index in [1.165, 1.54) is 77.6 Å². The summed E-state index contributed by atoms with van der Waals surface area (Å²) in [5.41, 5.74) is 0. The summed E-state index contributed by atoms with van der Waals surface area (Å²) in [6.07, 6.45) is 17.1. The van der Waals surface area contributed by atoms with Gasteiger partial charge >= 0.3 is 11.9 Å². The molecule has 28 heavy (non-hydrogen) atoms.